The molecule has 1 aliphatic heterocycles. The fourth-order valence-corrected chi connectivity index (χ4v) is 7.80. The highest BCUT2D eigenvalue weighted by atomic mass is 33.1. The number of rotatable bonds is 43. The van der Waals surface area contributed by atoms with Gasteiger partial charge in [-0.2, -0.15) is 0 Å². The minimum atomic E-state index is -0.464. The van der Waals surface area contributed by atoms with E-state index in [1.807, 2.05) is 21.6 Å². The van der Waals surface area contributed by atoms with E-state index in [1.165, 1.54) is 18.6 Å². The van der Waals surface area contributed by atoms with Gasteiger partial charge in [0.05, 0.1) is 151 Å². The number of hydrogen-bond acceptors (Lipinski definition) is 18. The van der Waals surface area contributed by atoms with Crippen LogP contribution in [0.4, 0.5) is 0 Å². The van der Waals surface area contributed by atoms with E-state index in [-0.39, 0.29) is 25.8 Å². The first-order valence-electron chi connectivity index (χ1n) is 20.2. The van der Waals surface area contributed by atoms with Crippen LogP contribution in [-0.2, 0) is 66.4 Å². The van der Waals surface area contributed by atoms with Crippen LogP contribution >= 0.6 is 21.6 Å². The van der Waals surface area contributed by atoms with Crippen molar-refractivity contribution in [2.24, 2.45) is 0 Å². The standard InChI is InChI=1S/C40H66O16S2/c41-35-36-5-7-37(8-6-36)40(43)56-33-31-54-29-27-52-25-23-50-21-19-48-17-15-46-13-11-44-10-12-45-14-16-47-18-20-49-22-24-51-26-28-53-30-32-55-39(42)4-2-1-3-38-9-34-57-58-38/h5-8,35,38H,1-4,9-34H2. The Morgan fingerprint density at radius 1 is 0.500 bits per heavy atom. The summed E-state index contributed by atoms with van der Waals surface area (Å²) in [7, 11) is 3.93. The summed E-state index contributed by atoms with van der Waals surface area (Å²) in [6.07, 6.45) is 5.64. The molecule has 18 heteroatoms. The molecule has 1 heterocycles. The average Bonchev–Trinajstić information content (AvgIpc) is 3.77. The molecular weight excluding hydrogens is 801 g/mol. The molecule has 1 saturated heterocycles. The maximum atomic E-state index is 11.9. The quantitative estimate of drug-likeness (QED) is 0.0398. The third kappa shape index (κ3) is 32.9. The highest BCUT2D eigenvalue weighted by Gasteiger charge is 2.16. The first kappa shape index (κ1) is 52.2. The molecule has 0 radical (unpaired) electrons. The van der Waals surface area contributed by atoms with Gasteiger partial charge in [0.15, 0.2) is 0 Å². The normalized spacial score (nSPS) is 13.9. The summed E-state index contributed by atoms with van der Waals surface area (Å²) in [6.45, 7) is 10.3. The monoisotopic (exact) mass is 866 g/mol. The Bertz CT molecular complexity index is 1100. The second kappa shape index (κ2) is 40.5. The van der Waals surface area contributed by atoms with Crippen molar-refractivity contribution in [1.82, 2.24) is 0 Å². The van der Waals surface area contributed by atoms with Crippen LogP contribution in [-0.4, -0.2) is 188 Å². The van der Waals surface area contributed by atoms with E-state index < -0.39 is 5.97 Å². The second-order valence-corrected chi connectivity index (χ2v) is 15.2. The minimum absolute atomic E-state index is 0.128. The molecule has 16 nitrogen and oxygen atoms in total. The number of unbranched alkanes of at least 4 members (excludes halogenated alkanes) is 1. The molecule has 0 N–H and O–H groups in total. The smallest absolute Gasteiger partial charge is 0.338 e. The predicted molar refractivity (Wildman–Crippen MR) is 219 cm³/mol. The highest BCUT2D eigenvalue weighted by molar-refractivity contribution is 8.77. The fraction of sp³-hybridized carbons (Fsp3) is 0.775. The Hall–Kier alpha value is -1.91. The van der Waals surface area contributed by atoms with E-state index in [1.54, 1.807) is 24.3 Å². The van der Waals surface area contributed by atoms with E-state index in [0.29, 0.717) is 163 Å². The van der Waals surface area contributed by atoms with Gasteiger partial charge in [0.25, 0.3) is 0 Å². The lowest BCUT2D eigenvalue weighted by molar-refractivity contribution is -0.145. The van der Waals surface area contributed by atoms with Crippen molar-refractivity contribution in [2.45, 2.75) is 37.4 Å². The Balaban J connectivity index is 1.14. The molecule has 1 aliphatic rings. The summed E-state index contributed by atoms with van der Waals surface area (Å²) in [4.78, 5) is 34.4. The van der Waals surface area contributed by atoms with E-state index in [9.17, 15) is 14.4 Å². The zero-order valence-corrected chi connectivity index (χ0v) is 35.7. The van der Waals surface area contributed by atoms with Crippen molar-refractivity contribution in [3.63, 3.8) is 0 Å². The number of ether oxygens (including phenoxy) is 13. The Labute approximate surface area is 351 Å². The van der Waals surface area contributed by atoms with Gasteiger partial charge in [-0.05, 0) is 31.4 Å². The van der Waals surface area contributed by atoms with Gasteiger partial charge in [-0.15, -0.1) is 0 Å². The minimum Gasteiger partial charge on any atom is -0.463 e. The summed E-state index contributed by atoms with van der Waals surface area (Å²) >= 11 is 0. The van der Waals surface area contributed by atoms with Gasteiger partial charge < -0.3 is 61.6 Å². The third-order valence-corrected chi connectivity index (χ3v) is 10.8. The van der Waals surface area contributed by atoms with E-state index in [2.05, 4.69) is 0 Å². The molecule has 0 spiro atoms. The van der Waals surface area contributed by atoms with E-state index in [0.717, 1.165) is 18.1 Å². The van der Waals surface area contributed by atoms with Crippen LogP contribution in [0.3, 0.4) is 0 Å². The van der Waals surface area contributed by atoms with Gasteiger partial charge in [0.2, 0.25) is 0 Å². The summed E-state index contributed by atoms with van der Waals surface area (Å²) < 4.78 is 70.5. The van der Waals surface area contributed by atoms with E-state index >= 15 is 0 Å². The van der Waals surface area contributed by atoms with Gasteiger partial charge in [-0.3, -0.25) is 9.59 Å². The maximum absolute atomic E-state index is 11.9. The van der Waals surface area contributed by atoms with Crippen LogP contribution in [0.25, 0.3) is 0 Å². The van der Waals surface area contributed by atoms with Gasteiger partial charge in [0.1, 0.15) is 19.5 Å². The summed E-state index contributed by atoms with van der Waals surface area (Å²) in [5, 5.41) is 0.758. The van der Waals surface area contributed by atoms with Gasteiger partial charge in [-0.1, -0.05) is 40.1 Å². The predicted octanol–water partition coefficient (Wildman–Crippen LogP) is 4.10. The topological polar surface area (TPSA) is 171 Å². The molecule has 58 heavy (non-hydrogen) atoms. The van der Waals surface area contributed by atoms with Gasteiger partial charge in [0, 0.05) is 23.0 Å². The number of hydrogen-bond donors (Lipinski definition) is 0. The van der Waals surface area contributed by atoms with Crippen LogP contribution in [0, 0.1) is 0 Å². The van der Waals surface area contributed by atoms with Gasteiger partial charge in [-0.25, -0.2) is 4.79 Å². The molecular formula is C40H66O16S2. The number of esters is 2. The molecule has 0 saturated carbocycles. The van der Waals surface area contributed by atoms with Crippen LogP contribution < -0.4 is 0 Å². The third-order valence-electron chi connectivity index (χ3n) is 7.84. The average molecular weight is 867 g/mol. The first-order valence-corrected chi connectivity index (χ1v) is 22.6. The summed E-state index contributed by atoms with van der Waals surface area (Å²) in [5.74, 6) is 0.636. The molecule has 0 aliphatic carbocycles. The molecule has 0 amide bonds. The number of carbonyl (C=O) groups excluding carboxylic acids is 3. The molecule has 0 bridgehead atoms. The van der Waals surface area contributed by atoms with Crippen molar-refractivity contribution in [3.05, 3.63) is 35.4 Å². The first-order chi connectivity index (χ1) is 28.7. The highest BCUT2D eigenvalue weighted by Crippen LogP contribution is 2.39. The molecule has 2 rings (SSSR count). The molecule has 334 valence electrons. The largest absolute Gasteiger partial charge is 0.463 e. The molecule has 1 atom stereocenters. The van der Waals surface area contributed by atoms with Crippen molar-refractivity contribution in [1.29, 1.82) is 0 Å². The lowest BCUT2D eigenvalue weighted by Crippen LogP contribution is -2.16. The maximum Gasteiger partial charge on any atom is 0.338 e. The summed E-state index contributed by atoms with van der Waals surface area (Å²) in [6, 6.07) is 6.22. The molecule has 1 fully saturated rings. The molecule has 1 aromatic carbocycles. The summed E-state index contributed by atoms with van der Waals surface area (Å²) in [5.41, 5.74) is 0.880. The lowest BCUT2D eigenvalue weighted by atomic mass is 10.1. The molecule has 1 aromatic rings. The lowest BCUT2D eigenvalue weighted by Gasteiger charge is -2.09. The van der Waals surface area contributed by atoms with Crippen molar-refractivity contribution >= 4 is 39.8 Å². The van der Waals surface area contributed by atoms with Crippen LogP contribution in [0.2, 0.25) is 0 Å². The fourth-order valence-electron chi connectivity index (χ4n) is 4.77. The van der Waals surface area contributed by atoms with Crippen LogP contribution in [0.1, 0.15) is 52.8 Å². The Morgan fingerprint density at radius 3 is 1.21 bits per heavy atom. The Morgan fingerprint density at radius 2 is 0.862 bits per heavy atom. The zero-order chi connectivity index (χ0) is 41.2. The SMILES string of the molecule is O=Cc1ccc(C(=O)OCCOCCOCCOCCOCCOCCOCCOCCOCCOCCOCCOCCOC(=O)CCCCC2CCSS2)cc1. The van der Waals surface area contributed by atoms with Crippen LogP contribution in [0.15, 0.2) is 24.3 Å². The van der Waals surface area contributed by atoms with Crippen molar-refractivity contribution in [3.8, 4) is 0 Å². The zero-order valence-electron chi connectivity index (χ0n) is 34.0. The Kier molecular flexibility index (Phi) is 36.5. The number of benzene rings is 1. The number of carbonyl (C=O) groups is 3. The molecule has 0 aromatic heterocycles. The van der Waals surface area contributed by atoms with Crippen LogP contribution in [0.5, 0.6) is 0 Å². The van der Waals surface area contributed by atoms with Crippen molar-refractivity contribution in [2.75, 3.05) is 164 Å². The van der Waals surface area contributed by atoms with Crippen molar-refractivity contribution < 1.29 is 76.0 Å². The second-order valence-electron chi connectivity index (χ2n) is 12.4. The van der Waals surface area contributed by atoms with Gasteiger partial charge >= 0.3 is 11.9 Å². The molecule has 1 unspecified atom stereocenters. The number of aldehydes is 1. The van der Waals surface area contributed by atoms with E-state index in [4.69, 9.17) is 61.6 Å².